The molecule has 0 saturated carbocycles. The Balaban J connectivity index is 1.48. The van der Waals surface area contributed by atoms with Crippen molar-refractivity contribution in [3.8, 4) is 0 Å². The van der Waals surface area contributed by atoms with Gasteiger partial charge in [0.1, 0.15) is 0 Å². The molecule has 0 aromatic heterocycles. The normalized spacial score (nSPS) is 16.2. The summed E-state index contributed by atoms with van der Waals surface area (Å²) in [4.78, 5) is 2.46. The predicted octanol–water partition coefficient (Wildman–Crippen LogP) is 3.80. The molecular weight excluding hydrogens is 306 g/mol. The highest BCUT2D eigenvalue weighted by atomic mass is 35.5. The lowest BCUT2D eigenvalue weighted by Crippen LogP contribution is -2.43. The first-order valence-corrected chi connectivity index (χ1v) is 8.39. The number of hydrogen-bond acceptors (Lipinski definition) is 3. The average molecular weight is 328 g/mol. The number of aryl methyl sites for hydroxylation is 1. The zero-order valence-corrected chi connectivity index (χ0v) is 14.2. The number of hydrazone groups is 1. The number of hydrogen-bond donors (Lipinski definition) is 0. The van der Waals surface area contributed by atoms with Crippen LogP contribution in [0.5, 0.6) is 0 Å². The molecule has 1 fully saturated rings. The van der Waals surface area contributed by atoms with Gasteiger partial charge in [-0.3, -0.25) is 9.91 Å². The van der Waals surface area contributed by atoms with Gasteiger partial charge in [-0.15, -0.1) is 0 Å². The van der Waals surface area contributed by atoms with Gasteiger partial charge in [-0.05, 0) is 30.2 Å². The minimum Gasteiger partial charge on any atom is -0.295 e. The highest BCUT2D eigenvalue weighted by Gasteiger charge is 2.15. The van der Waals surface area contributed by atoms with Gasteiger partial charge < -0.3 is 0 Å². The van der Waals surface area contributed by atoms with Crippen LogP contribution in [0.3, 0.4) is 0 Å². The van der Waals surface area contributed by atoms with E-state index in [9.17, 15) is 0 Å². The molecule has 1 heterocycles. The second kappa shape index (κ2) is 7.62. The summed E-state index contributed by atoms with van der Waals surface area (Å²) in [6.07, 6.45) is 1.95. The first-order chi connectivity index (χ1) is 11.2. The van der Waals surface area contributed by atoms with Crippen molar-refractivity contribution >= 4 is 17.8 Å². The van der Waals surface area contributed by atoms with Gasteiger partial charge in [0.25, 0.3) is 0 Å². The van der Waals surface area contributed by atoms with Crippen molar-refractivity contribution < 1.29 is 0 Å². The van der Waals surface area contributed by atoms with Crippen molar-refractivity contribution in [2.75, 3.05) is 26.2 Å². The van der Waals surface area contributed by atoms with Crippen LogP contribution in [-0.4, -0.2) is 42.3 Å². The van der Waals surface area contributed by atoms with Gasteiger partial charge >= 0.3 is 0 Å². The molecule has 0 unspecified atom stereocenters. The predicted molar refractivity (Wildman–Crippen MR) is 97.1 cm³/mol. The van der Waals surface area contributed by atoms with Crippen LogP contribution in [0, 0.1) is 6.92 Å². The molecule has 0 N–H and O–H groups in total. The Morgan fingerprint density at radius 2 is 1.61 bits per heavy atom. The number of halogens is 1. The maximum Gasteiger partial charge on any atom is 0.0542 e. The van der Waals surface area contributed by atoms with Gasteiger partial charge in [0.2, 0.25) is 0 Å². The molecule has 1 saturated heterocycles. The van der Waals surface area contributed by atoms with E-state index >= 15 is 0 Å². The SMILES string of the molecule is Cc1ccc(/C=N/N2CCN(Cc3ccc(Cl)cc3)CC2)cc1. The summed E-state index contributed by atoms with van der Waals surface area (Å²) in [7, 11) is 0. The standard InChI is InChI=1S/C19H22ClN3/c1-16-2-4-17(5-3-16)14-21-23-12-10-22(11-13-23)15-18-6-8-19(20)9-7-18/h2-9,14H,10-13,15H2,1H3/b21-14+. The highest BCUT2D eigenvalue weighted by Crippen LogP contribution is 2.13. The van der Waals surface area contributed by atoms with Crippen LogP contribution in [0.25, 0.3) is 0 Å². The fraction of sp³-hybridized carbons (Fsp3) is 0.316. The zero-order valence-electron chi connectivity index (χ0n) is 13.5. The van der Waals surface area contributed by atoms with Gasteiger partial charge in [0.15, 0.2) is 0 Å². The van der Waals surface area contributed by atoms with Crippen molar-refractivity contribution in [1.82, 2.24) is 9.91 Å². The minimum absolute atomic E-state index is 0.795. The molecule has 2 aromatic rings. The molecule has 0 bridgehead atoms. The third-order valence-corrected chi connectivity index (χ3v) is 4.37. The topological polar surface area (TPSA) is 18.8 Å². The molecule has 0 spiro atoms. The third kappa shape index (κ3) is 4.81. The summed E-state index contributed by atoms with van der Waals surface area (Å²) < 4.78 is 0. The number of rotatable bonds is 4. The van der Waals surface area contributed by atoms with Crippen LogP contribution >= 0.6 is 11.6 Å². The number of piperazine rings is 1. The van der Waals surface area contributed by atoms with Gasteiger partial charge in [0.05, 0.1) is 6.21 Å². The third-order valence-electron chi connectivity index (χ3n) is 4.12. The zero-order chi connectivity index (χ0) is 16.1. The van der Waals surface area contributed by atoms with Crippen LogP contribution in [0.4, 0.5) is 0 Å². The van der Waals surface area contributed by atoms with Crippen molar-refractivity contribution in [2.24, 2.45) is 5.10 Å². The molecule has 1 aliphatic rings. The fourth-order valence-electron chi connectivity index (χ4n) is 2.66. The lowest BCUT2D eigenvalue weighted by Gasteiger charge is -2.33. The maximum atomic E-state index is 5.93. The van der Waals surface area contributed by atoms with E-state index in [1.807, 2.05) is 18.3 Å². The van der Waals surface area contributed by atoms with Crippen molar-refractivity contribution in [3.63, 3.8) is 0 Å². The Bertz CT molecular complexity index is 641. The molecule has 120 valence electrons. The Kier molecular flexibility index (Phi) is 5.31. The van der Waals surface area contributed by atoms with E-state index in [0.29, 0.717) is 0 Å². The molecular formula is C19H22ClN3. The molecule has 3 nitrogen and oxygen atoms in total. The van der Waals surface area contributed by atoms with Gasteiger partial charge in [0, 0.05) is 37.7 Å². The van der Waals surface area contributed by atoms with Crippen LogP contribution in [0.2, 0.25) is 5.02 Å². The molecule has 0 radical (unpaired) electrons. The number of benzene rings is 2. The number of nitrogens with zero attached hydrogens (tertiary/aromatic N) is 3. The molecule has 0 atom stereocenters. The summed E-state index contributed by atoms with van der Waals surface area (Å²) in [5.41, 5.74) is 3.74. The van der Waals surface area contributed by atoms with Crippen LogP contribution < -0.4 is 0 Å². The van der Waals surface area contributed by atoms with E-state index in [1.54, 1.807) is 0 Å². The lowest BCUT2D eigenvalue weighted by molar-refractivity contribution is 0.131. The van der Waals surface area contributed by atoms with E-state index in [4.69, 9.17) is 11.6 Å². The molecule has 2 aromatic carbocycles. The van der Waals surface area contributed by atoms with Crippen molar-refractivity contribution in [3.05, 3.63) is 70.2 Å². The molecule has 4 heteroatoms. The fourth-order valence-corrected chi connectivity index (χ4v) is 2.79. The Morgan fingerprint density at radius 3 is 2.26 bits per heavy atom. The molecule has 0 aliphatic carbocycles. The second-order valence-corrected chi connectivity index (χ2v) is 6.45. The minimum atomic E-state index is 0.795. The maximum absolute atomic E-state index is 5.93. The highest BCUT2D eigenvalue weighted by molar-refractivity contribution is 6.30. The van der Waals surface area contributed by atoms with Crippen LogP contribution in [-0.2, 0) is 6.54 Å². The largest absolute Gasteiger partial charge is 0.295 e. The second-order valence-electron chi connectivity index (χ2n) is 6.01. The summed E-state index contributed by atoms with van der Waals surface area (Å²) >= 11 is 5.93. The van der Waals surface area contributed by atoms with E-state index in [-0.39, 0.29) is 0 Å². The summed E-state index contributed by atoms with van der Waals surface area (Å²) in [6, 6.07) is 16.6. The van der Waals surface area contributed by atoms with E-state index in [0.717, 1.165) is 43.3 Å². The molecule has 23 heavy (non-hydrogen) atoms. The molecule has 1 aliphatic heterocycles. The first-order valence-electron chi connectivity index (χ1n) is 8.01. The van der Waals surface area contributed by atoms with Crippen LogP contribution in [0.15, 0.2) is 53.6 Å². The monoisotopic (exact) mass is 327 g/mol. The van der Waals surface area contributed by atoms with Gasteiger partial charge in [-0.1, -0.05) is 53.6 Å². The van der Waals surface area contributed by atoms with Crippen molar-refractivity contribution in [1.29, 1.82) is 0 Å². The summed E-state index contributed by atoms with van der Waals surface area (Å²) in [5.74, 6) is 0. The van der Waals surface area contributed by atoms with Crippen molar-refractivity contribution in [2.45, 2.75) is 13.5 Å². The van der Waals surface area contributed by atoms with E-state index < -0.39 is 0 Å². The summed E-state index contributed by atoms with van der Waals surface area (Å²) in [6.45, 7) is 7.08. The van der Waals surface area contributed by atoms with Crippen LogP contribution in [0.1, 0.15) is 16.7 Å². The Hall–Kier alpha value is -1.84. The summed E-state index contributed by atoms with van der Waals surface area (Å²) in [5, 5.41) is 7.55. The smallest absolute Gasteiger partial charge is 0.0542 e. The Labute approximate surface area is 143 Å². The van der Waals surface area contributed by atoms with E-state index in [2.05, 4.69) is 58.3 Å². The average Bonchev–Trinajstić information content (AvgIpc) is 2.58. The first kappa shape index (κ1) is 16.0. The lowest BCUT2D eigenvalue weighted by atomic mass is 10.2. The van der Waals surface area contributed by atoms with Gasteiger partial charge in [-0.25, -0.2) is 0 Å². The molecule has 0 amide bonds. The molecule has 3 rings (SSSR count). The Morgan fingerprint density at radius 1 is 0.957 bits per heavy atom. The quantitative estimate of drug-likeness (QED) is 0.795. The van der Waals surface area contributed by atoms with E-state index in [1.165, 1.54) is 11.1 Å². The van der Waals surface area contributed by atoms with Gasteiger partial charge in [-0.2, -0.15) is 5.10 Å².